The van der Waals surface area contributed by atoms with Gasteiger partial charge in [0.05, 0.1) is 0 Å². The average molecular weight is 704 g/mol. The Balaban J connectivity index is 0.00000329. The minimum absolute atomic E-state index is 0. The van der Waals surface area contributed by atoms with Crippen molar-refractivity contribution in [2.75, 3.05) is 0 Å². The van der Waals surface area contributed by atoms with Crippen molar-refractivity contribution in [3.8, 4) is 11.5 Å². The minimum Gasteiger partial charge on any atom is -0.319 e. The number of imidazole rings is 1. The molecule has 0 saturated heterocycles. The van der Waals surface area contributed by atoms with Crippen molar-refractivity contribution in [3.63, 3.8) is 0 Å². The third kappa shape index (κ3) is 4.10. The van der Waals surface area contributed by atoms with Gasteiger partial charge >= 0.3 is 0 Å². The number of nitrogens with zero attached hydrogens (tertiary/aromatic N) is 4. The van der Waals surface area contributed by atoms with Gasteiger partial charge in [0, 0.05) is 61.8 Å². The molecule has 0 bridgehead atoms. The third-order valence-electron chi connectivity index (χ3n) is 7.75. The SMILES string of the molecule is [2H]C([2H])([2H])c1ccnc(-n2c3[c-]c(C(C)(C)c4[c-]c(-n5[cH+]n(C)c6ccccc65)ccc4)ccc3c3ccccc32)c1.[Pt]. The van der Waals surface area contributed by atoms with Crippen LogP contribution in [0, 0.1) is 19.0 Å². The summed E-state index contributed by atoms with van der Waals surface area (Å²) in [5.74, 6) is 0.557. The molecule has 5 heteroatoms. The Morgan fingerprint density at radius 2 is 1.55 bits per heavy atom. The zero-order chi connectivity index (χ0) is 29.2. The zero-order valence-corrected chi connectivity index (χ0v) is 24.7. The maximum atomic E-state index is 7.94. The largest absolute Gasteiger partial charge is 0.319 e. The van der Waals surface area contributed by atoms with Crippen LogP contribution in [0.15, 0.2) is 104 Å². The quantitative estimate of drug-likeness (QED) is 0.171. The number of para-hydroxylation sites is 3. The number of aryl methyl sites for hydroxylation is 2. The molecular formula is C35H29N4Pt-. The number of aromatic nitrogens is 4. The van der Waals surface area contributed by atoms with E-state index in [1.54, 1.807) is 18.3 Å². The molecule has 0 radical (unpaired) electrons. The maximum Gasteiger partial charge on any atom is 0.188 e. The minimum atomic E-state index is -2.23. The fraction of sp³-hybridized carbons (Fsp3) is 0.143. The molecule has 0 atom stereocenters. The van der Waals surface area contributed by atoms with Crippen LogP contribution in [0.3, 0.4) is 0 Å². The molecule has 0 aliphatic carbocycles. The molecule has 3 aromatic heterocycles. The van der Waals surface area contributed by atoms with E-state index in [0.717, 1.165) is 49.7 Å². The van der Waals surface area contributed by atoms with Gasteiger partial charge in [0.15, 0.2) is 17.4 Å². The Kier molecular flexibility index (Phi) is 5.62. The van der Waals surface area contributed by atoms with E-state index in [1.165, 1.54) is 0 Å². The molecule has 0 saturated carbocycles. The predicted molar refractivity (Wildman–Crippen MR) is 160 cm³/mol. The van der Waals surface area contributed by atoms with E-state index < -0.39 is 12.3 Å². The summed E-state index contributed by atoms with van der Waals surface area (Å²) in [4.78, 5) is 4.60. The first-order valence-electron chi connectivity index (χ1n) is 14.5. The normalized spacial score (nSPS) is 13.2. The Morgan fingerprint density at radius 1 is 0.800 bits per heavy atom. The van der Waals surface area contributed by atoms with E-state index in [2.05, 4.69) is 114 Å². The zero-order valence-electron chi connectivity index (χ0n) is 25.4. The predicted octanol–water partition coefficient (Wildman–Crippen LogP) is 7.97. The van der Waals surface area contributed by atoms with E-state index in [-0.39, 0.29) is 26.6 Å². The number of hydrogen-bond acceptors (Lipinski definition) is 1. The molecule has 0 amide bonds. The van der Waals surface area contributed by atoms with E-state index in [1.807, 2.05) is 22.8 Å². The molecule has 0 fully saturated rings. The number of hydrogen-bond donors (Lipinski definition) is 0. The molecule has 7 aromatic rings. The van der Waals surface area contributed by atoms with Crippen LogP contribution in [0.4, 0.5) is 0 Å². The number of fused-ring (bicyclic) bond motifs is 4. The second-order valence-corrected chi connectivity index (χ2v) is 10.5. The van der Waals surface area contributed by atoms with Gasteiger partial charge in [-0.25, -0.2) is 14.1 Å². The van der Waals surface area contributed by atoms with Gasteiger partial charge in [0.1, 0.15) is 5.82 Å². The van der Waals surface area contributed by atoms with Crippen LogP contribution in [0.25, 0.3) is 44.3 Å². The van der Waals surface area contributed by atoms with Crippen molar-refractivity contribution in [1.82, 2.24) is 18.7 Å². The number of rotatable bonds is 4. The average Bonchev–Trinajstić information content (AvgIpc) is 3.51. The molecule has 0 N–H and O–H groups in total. The van der Waals surface area contributed by atoms with Gasteiger partial charge in [-0.2, -0.15) is 35.9 Å². The van der Waals surface area contributed by atoms with E-state index in [0.29, 0.717) is 5.82 Å². The van der Waals surface area contributed by atoms with Crippen LogP contribution in [0.1, 0.15) is 34.7 Å². The summed E-state index contributed by atoms with van der Waals surface area (Å²) in [5, 5.41) is 2.10. The molecule has 200 valence electrons. The van der Waals surface area contributed by atoms with Gasteiger partial charge in [-0.05, 0) is 53.5 Å². The maximum absolute atomic E-state index is 7.94. The molecular weight excluding hydrogens is 671 g/mol. The summed E-state index contributed by atoms with van der Waals surface area (Å²) in [6, 6.07) is 37.7. The van der Waals surface area contributed by atoms with Gasteiger partial charge in [-0.1, -0.05) is 37.6 Å². The molecule has 7 rings (SSSR count). The molecule has 0 unspecified atom stereocenters. The molecule has 4 nitrogen and oxygen atoms in total. The van der Waals surface area contributed by atoms with Crippen molar-refractivity contribution in [2.24, 2.45) is 7.05 Å². The summed E-state index contributed by atoms with van der Waals surface area (Å²) in [7, 11) is 2.05. The second-order valence-electron chi connectivity index (χ2n) is 10.5. The Hall–Kier alpha value is -4.01. The topological polar surface area (TPSA) is 27.7 Å². The summed E-state index contributed by atoms with van der Waals surface area (Å²) < 4.78 is 30.1. The van der Waals surface area contributed by atoms with Crippen molar-refractivity contribution < 1.29 is 25.2 Å². The van der Waals surface area contributed by atoms with Gasteiger partial charge in [0.25, 0.3) is 0 Å². The van der Waals surface area contributed by atoms with Gasteiger partial charge in [0.2, 0.25) is 0 Å². The van der Waals surface area contributed by atoms with Gasteiger partial charge in [-0.3, -0.25) is 0 Å². The van der Waals surface area contributed by atoms with E-state index in [4.69, 9.17) is 4.11 Å². The van der Waals surface area contributed by atoms with Crippen LogP contribution < -0.4 is 0 Å². The number of pyridine rings is 1. The second kappa shape index (κ2) is 9.87. The molecule has 40 heavy (non-hydrogen) atoms. The molecule has 0 spiro atoms. The molecule has 4 aromatic carbocycles. The van der Waals surface area contributed by atoms with Crippen LogP contribution in [0.2, 0.25) is 0 Å². The summed E-state index contributed by atoms with van der Waals surface area (Å²) in [6.07, 6.45) is 3.65. The van der Waals surface area contributed by atoms with Crippen molar-refractivity contribution in [1.29, 1.82) is 0 Å². The first-order chi connectivity index (χ1) is 20.1. The van der Waals surface area contributed by atoms with Crippen molar-refractivity contribution in [2.45, 2.75) is 26.1 Å². The molecule has 3 heterocycles. The third-order valence-corrected chi connectivity index (χ3v) is 7.75. The Bertz CT molecular complexity index is 2140. The van der Waals surface area contributed by atoms with Gasteiger partial charge in [-0.15, -0.1) is 23.1 Å². The van der Waals surface area contributed by atoms with E-state index in [9.17, 15) is 0 Å². The van der Waals surface area contributed by atoms with Crippen molar-refractivity contribution >= 4 is 32.8 Å². The van der Waals surface area contributed by atoms with Crippen molar-refractivity contribution in [3.05, 3.63) is 132 Å². The standard InChI is InChI=1S/C35H29N4.Pt/c1-24-18-19-36-34(20-24)39-30-13-6-5-12-28(30)29-17-16-26(22-33(29)39)35(2,3)25-10-9-11-27(21-25)38-23-37(4)31-14-7-8-15-32(31)38;/h5-20,23H,1-4H3;/q-1;/i1D3;. The Labute approximate surface area is 253 Å². The first kappa shape index (κ1) is 22.8. The summed E-state index contributed by atoms with van der Waals surface area (Å²) in [5.41, 5.74) is 6.93. The number of benzene rings is 4. The summed E-state index contributed by atoms with van der Waals surface area (Å²) >= 11 is 0. The fourth-order valence-corrected chi connectivity index (χ4v) is 5.60. The Morgan fingerprint density at radius 3 is 2.38 bits per heavy atom. The van der Waals surface area contributed by atoms with Crippen LogP contribution in [0.5, 0.6) is 0 Å². The van der Waals surface area contributed by atoms with Crippen LogP contribution >= 0.6 is 0 Å². The monoisotopic (exact) mass is 703 g/mol. The van der Waals surface area contributed by atoms with Crippen LogP contribution in [-0.4, -0.2) is 18.7 Å². The molecule has 0 aliphatic heterocycles. The first-order valence-corrected chi connectivity index (χ1v) is 13.0. The summed E-state index contributed by atoms with van der Waals surface area (Å²) in [6.45, 7) is 2.15. The smallest absolute Gasteiger partial charge is 0.188 e. The van der Waals surface area contributed by atoms with Crippen LogP contribution in [-0.2, 0) is 33.5 Å². The fourth-order valence-electron chi connectivity index (χ4n) is 5.60. The van der Waals surface area contributed by atoms with E-state index >= 15 is 0 Å². The van der Waals surface area contributed by atoms with Gasteiger partial charge < -0.3 is 4.57 Å². The molecule has 0 aliphatic rings.